The first-order chi connectivity index (χ1) is 10.2. The molecule has 0 saturated carbocycles. The third-order valence-corrected chi connectivity index (χ3v) is 3.28. The SMILES string of the molecule is Cc1nc(OCCCC2CO2)cc(-c2ccc(F)cc2)n1. The fourth-order valence-corrected chi connectivity index (χ4v) is 2.11. The molecule has 5 heteroatoms. The topological polar surface area (TPSA) is 47.5 Å². The normalized spacial score (nSPS) is 16.8. The highest BCUT2D eigenvalue weighted by atomic mass is 19.1. The van der Waals surface area contributed by atoms with Crippen LogP contribution in [-0.2, 0) is 4.74 Å². The van der Waals surface area contributed by atoms with Crippen LogP contribution in [0.4, 0.5) is 4.39 Å². The summed E-state index contributed by atoms with van der Waals surface area (Å²) >= 11 is 0. The van der Waals surface area contributed by atoms with Crippen LogP contribution >= 0.6 is 0 Å². The third kappa shape index (κ3) is 3.98. The molecule has 2 heterocycles. The minimum absolute atomic E-state index is 0.261. The number of hydrogen-bond acceptors (Lipinski definition) is 4. The number of aryl methyl sites for hydroxylation is 1. The van der Waals surface area contributed by atoms with Crippen molar-refractivity contribution in [2.45, 2.75) is 25.9 Å². The fraction of sp³-hybridized carbons (Fsp3) is 0.375. The third-order valence-electron chi connectivity index (χ3n) is 3.28. The van der Waals surface area contributed by atoms with E-state index in [-0.39, 0.29) is 5.82 Å². The Morgan fingerprint density at radius 1 is 1.29 bits per heavy atom. The molecule has 2 aromatic rings. The molecule has 1 unspecified atom stereocenters. The van der Waals surface area contributed by atoms with E-state index in [1.807, 2.05) is 6.92 Å². The zero-order valence-electron chi connectivity index (χ0n) is 11.9. The molecular weight excluding hydrogens is 271 g/mol. The van der Waals surface area contributed by atoms with Gasteiger partial charge in [0.1, 0.15) is 11.6 Å². The van der Waals surface area contributed by atoms with Gasteiger partial charge in [0.05, 0.1) is 25.0 Å². The van der Waals surface area contributed by atoms with Gasteiger partial charge in [0.15, 0.2) is 0 Å². The van der Waals surface area contributed by atoms with Gasteiger partial charge in [0.2, 0.25) is 5.88 Å². The molecule has 4 nitrogen and oxygen atoms in total. The van der Waals surface area contributed by atoms with Crippen LogP contribution in [-0.4, -0.2) is 29.3 Å². The van der Waals surface area contributed by atoms with E-state index in [4.69, 9.17) is 9.47 Å². The summed E-state index contributed by atoms with van der Waals surface area (Å²) in [6.07, 6.45) is 2.39. The Morgan fingerprint density at radius 2 is 2.05 bits per heavy atom. The number of hydrogen-bond donors (Lipinski definition) is 0. The second kappa shape index (κ2) is 6.18. The summed E-state index contributed by atoms with van der Waals surface area (Å²) in [5, 5.41) is 0. The Balaban J connectivity index is 1.67. The van der Waals surface area contributed by atoms with Gasteiger partial charge in [-0.15, -0.1) is 0 Å². The molecule has 1 fully saturated rings. The zero-order chi connectivity index (χ0) is 14.7. The van der Waals surface area contributed by atoms with E-state index in [0.717, 1.165) is 30.7 Å². The molecule has 110 valence electrons. The second-order valence-corrected chi connectivity index (χ2v) is 5.09. The van der Waals surface area contributed by atoms with Crippen LogP contribution in [0.1, 0.15) is 18.7 Å². The maximum atomic E-state index is 13.0. The number of epoxide rings is 1. The summed E-state index contributed by atoms with van der Waals surface area (Å²) in [5.74, 6) is 0.930. The van der Waals surface area contributed by atoms with E-state index >= 15 is 0 Å². The molecule has 0 bridgehead atoms. The van der Waals surface area contributed by atoms with Gasteiger partial charge >= 0.3 is 0 Å². The van der Waals surface area contributed by atoms with Gasteiger partial charge in [-0.25, -0.2) is 9.37 Å². The molecular formula is C16H17FN2O2. The predicted molar refractivity (Wildman–Crippen MR) is 76.6 cm³/mol. The van der Waals surface area contributed by atoms with Gasteiger partial charge in [0.25, 0.3) is 0 Å². The van der Waals surface area contributed by atoms with E-state index in [9.17, 15) is 4.39 Å². The summed E-state index contributed by atoms with van der Waals surface area (Å²) in [5.41, 5.74) is 1.58. The molecule has 1 aliphatic rings. The fourth-order valence-electron chi connectivity index (χ4n) is 2.11. The molecule has 0 N–H and O–H groups in total. The van der Waals surface area contributed by atoms with Crippen molar-refractivity contribution >= 4 is 0 Å². The molecule has 3 rings (SSSR count). The van der Waals surface area contributed by atoms with Crippen LogP contribution in [0.25, 0.3) is 11.3 Å². The summed E-state index contributed by atoms with van der Waals surface area (Å²) in [6, 6.07) is 8.02. The first-order valence-electron chi connectivity index (χ1n) is 7.07. The van der Waals surface area contributed by atoms with E-state index < -0.39 is 0 Å². The predicted octanol–water partition coefficient (Wildman–Crippen LogP) is 3.15. The molecule has 0 amide bonds. The van der Waals surface area contributed by atoms with E-state index in [1.165, 1.54) is 12.1 Å². The van der Waals surface area contributed by atoms with Gasteiger partial charge in [-0.2, -0.15) is 4.98 Å². The lowest BCUT2D eigenvalue weighted by molar-refractivity contribution is 0.283. The summed E-state index contributed by atoms with van der Waals surface area (Å²) < 4.78 is 23.8. The van der Waals surface area contributed by atoms with E-state index in [2.05, 4.69) is 9.97 Å². The van der Waals surface area contributed by atoms with Crippen LogP contribution in [0.3, 0.4) is 0 Å². The van der Waals surface area contributed by atoms with Gasteiger partial charge in [-0.3, -0.25) is 0 Å². The Kier molecular flexibility index (Phi) is 4.10. The summed E-state index contributed by atoms with van der Waals surface area (Å²) in [7, 11) is 0. The minimum atomic E-state index is -0.261. The Hall–Kier alpha value is -2.01. The highest BCUT2D eigenvalue weighted by molar-refractivity contribution is 5.59. The van der Waals surface area contributed by atoms with Gasteiger partial charge in [-0.1, -0.05) is 0 Å². The Morgan fingerprint density at radius 3 is 2.76 bits per heavy atom. The zero-order valence-corrected chi connectivity index (χ0v) is 11.9. The number of rotatable bonds is 6. The van der Waals surface area contributed by atoms with Gasteiger partial charge in [0, 0.05) is 11.6 Å². The van der Waals surface area contributed by atoms with Crippen molar-refractivity contribution in [3.05, 3.63) is 42.0 Å². The van der Waals surface area contributed by atoms with Crippen LogP contribution in [0, 0.1) is 12.7 Å². The standard InChI is InChI=1S/C16H17FN2O2/c1-11-18-15(12-4-6-13(17)7-5-12)9-16(19-11)20-8-2-3-14-10-21-14/h4-7,9,14H,2-3,8,10H2,1H3. The van der Waals surface area contributed by atoms with Crippen LogP contribution < -0.4 is 4.74 Å². The number of halogens is 1. The van der Waals surface area contributed by atoms with Gasteiger partial charge in [-0.05, 0) is 44.0 Å². The number of nitrogens with zero attached hydrogens (tertiary/aromatic N) is 2. The number of benzene rings is 1. The van der Waals surface area contributed by atoms with E-state index in [1.54, 1.807) is 18.2 Å². The van der Waals surface area contributed by atoms with Crippen molar-refractivity contribution in [2.75, 3.05) is 13.2 Å². The van der Waals surface area contributed by atoms with Crippen LogP contribution in [0.2, 0.25) is 0 Å². The van der Waals surface area contributed by atoms with Crippen molar-refractivity contribution in [1.29, 1.82) is 0 Å². The van der Waals surface area contributed by atoms with Crippen LogP contribution in [0.15, 0.2) is 30.3 Å². The van der Waals surface area contributed by atoms with Crippen molar-refractivity contribution < 1.29 is 13.9 Å². The summed E-state index contributed by atoms with van der Waals surface area (Å²) in [4.78, 5) is 8.64. The highest BCUT2D eigenvalue weighted by Gasteiger charge is 2.21. The maximum Gasteiger partial charge on any atom is 0.217 e. The molecule has 21 heavy (non-hydrogen) atoms. The lowest BCUT2D eigenvalue weighted by Crippen LogP contribution is -2.03. The molecule has 0 aliphatic carbocycles. The average molecular weight is 288 g/mol. The molecule has 1 aliphatic heterocycles. The van der Waals surface area contributed by atoms with E-state index in [0.29, 0.717) is 24.4 Å². The Bertz CT molecular complexity index is 612. The molecule has 1 aromatic heterocycles. The quantitative estimate of drug-likeness (QED) is 0.605. The van der Waals surface area contributed by atoms with Crippen molar-refractivity contribution in [2.24, 2.45) is 0 Å². The molecule has 1 saturated heterocycles. The molecule has 1 atom stereocenters. The van der Waals surface area contributed by atoms with Crippen molar-refractivity contribution in [3.63, 3.8) is 0 Å². The van der Waals surface area contributed by atoms with Crippen molar-refractivity contribution in [3.8, 4) is 17.1 Å². The molecule has 0 radical (unpaired) electrons. The molecule has 1 aromatic carbocycles. The molecule has 0 spiro atoms. The smallest absolute Gasteiger partial charge is 0.217 e. The highest BCUT2D eigenvalue weighted by Crippen LogP contribution is 2.22. The second-order valence-electron chi connectivity index (χ2n) is 5.09. The lowest BCUT2D eigenvalue weighted by Gasteiger charge is -2.08. The first-order valence-corrected chi connectivity index (χ1v) is 7.07. The Labute approximate surface area is 123 Å². The number of aromatic nitrogens is 2. The van der Waals surface area contributed by atoms with Crippen molar-refractivity contribution in [1.82, 2.24) is 9.97 Å². The van der Waals surface area contributed by atoms with Gasteiger partial charge < -0.3 is 9.47 Å². The number of ether oxygens (including phenoxy) is 2. The lowest BCUT2D eigenvalue weighted by atomic mass is 10.1. The first kappa shape index (κ1) is 13.9. The average Bonchev–Trinajstić information content (AvgIpc) is 3.28. The summed E-state index contributed by atoms with van der Waals surface area (Å²) in [6.45, 7) is 3.30. The minimum Gasteiger partial charge on any atom is -0.478 e. The van der Waals surface area contributed by atoms with Crippen LogP contribution in [0.5, 0.6) is 5.88 Å². The largest absolute Gasteiger partial charge is 0.478 e. The maximum absolute atomic E-state index is 13.0. The monoisotopic (exact) mass is 288 g/mol.